The highest BCUT2D eigenvalue weighted by Crippen LogP contribution is 2.09. The Morgan fingerprint density at radius 1 is 1.27 bits per heavy atom. The molecule has 0 bridgehead atoms. The number of aromatic nitrogens is 2. The minimum atomic E-state index is -0.0912. The molecular weight excluding hydrogens is 280 g/mol. The van der Waals surface area contributed by atoms with Gasteiger partial charge in [-0.05, 0) is 12.1 Å². The maximum atomic E-state index is 12.4. The zero-order chi connectivity index (χ0) is 15.4. The Kier molecular flexibility index (Phi) is 4.60. The van der Waals surface area contributed by atoms with E-state index in [-0.39, 0.29) is 5.91 Å². The summed E-state index contributed by atoms with van der Waals surface area (Å²) < 4.78 is 5.32. The molecule has 0 spiro atoms. The molecule has 1 aromatic carbocycles. The first-order chi connectivity index (χ1) is 10.7. The largest absolute Gasteiger partial charge is 0.379 e. The van der Waals surface area contributed by atoms with Gasteiger partial charge in [0.15, 0.2) is 0 Å². The van der Waals surface area contributed by atoms with Crippen molar-refractivity contribution in [2.24, 2.45) is 0 Å². The molecule has 22 heavy (non-hydrogen) atoms. The Morgan fingerprint density at radius 3 is 2.77 bits per heavy atom. The summed E-state index contributed by atoms with van der Waals surface area (Å²) in [7, 11) is 1.81. The predicted octanol–water partition coefficient (Wildman–Crippen LogP) is 1.03. The van der Waals surface area contributed by atoms with Crippen LogP contribution in [0.4, 0.5) is 0 Å². The van der Waals surface area contributed by atoms with Crippen LogP contribution in [0.2, 0.25) is 0 Å². The van der Waals surface area contributed by atoms with Crippen LogP contribution >= 0.6 is 0 Å². The first-order valence-electron chi connectivity index (χ1n) is 7.51. The van der Waals surface area contributed by atoms with Crippen LogP contribution in [-0.2, 0) is 4.74 Å². The Hall–Kier alpha value is -2.05. The lowest BCUT2D eigenvalue weighted by Crippen LogP contribution is -2.42. The van der Waals surface area contributed by atoms with E-state index in [9.17, 15) is 4.79 Å². The average molecular weight is 300 g/mol. The van der Waals surface area contributed by atoms with Gasteiger partial charge in [-0.1, -0.05) is 12.1 Å². The van der Waals surface area contributed by atoms with Gasteiger partial charge in [0.1, 0.15) is 5.69 Å². The molecule has 1 aliphatic rings. The second-order valence-electron chi connectivity index (χ2n) is 5.42. The maximum Gasteiger partial charge on any atom is 0.273 e. The number of benzene rings is 1. The lowest BCUT2D eigenvalue weighted by molar-refractivity contribution is 0.0338. The van der Waals surface area contributed by atoms with Gasteiger partial charge in [0.25, 0.3) is 5.91 Å². The SMILES string of the molecule is CN(CCN1CCOCC1)C(=O)c1cnc2ccccc2n1. The molecular formula is C16H20N4O2. The fraction of sp³-hybridized carbons (Fsp3) is 0.438. The molecule has 1 aromatic heterocycles. The van der Waals surface area contributed by atoms with E-state index >= 15 is 0 Å². The standard InChI is InChI=1S/C16H20N4O2/c1-19(6-7-20-8-10-22-11-9-20)16(21)15-12-17-13-4-2-3-5-14(13)18-15/h2-5,12H,6-11H2,1H3. The van der Waals surface area contributed by atoms with E-state index in [1.807, 2.05) is 24.3 Å². The first-order valence-corrected chi connectivity index (χ1v) is 7.51. The highest BCUT2D eigenvalue weighted by Gasteiger charge is 2.16. The molecule has 0 unspecified atom stereocenters. The molecule has 2 aromatic rings. The van der Waals surface area contributed by atoms with Crippen LogP contribution in [-0.4, -0.2) is 72.1 Å². The van der Waals surface area contributed by atoms with Crippen molar-refractivity contribution >= 4 is 16.9 Å². The summed E-state index contributed by atoms with van der Waals surface area (Å²) in [5.41, 5.74) is 1.94. The van der Waals surface area contributed by atoms with Gasteiger partial charge in [-0.25, -0.2) is 4.98 Å². The van der Waals surface area contributed by atoms with Gasteiger partial charge in [-0.2, -0.15) is 0 Å². The highest BCUT2D eigenvalue weighted by atomic mass is 16.5. The van der Waals surface area contributed by atoms with Gasteiger partial charge >= 0.3 is 0 Å². The van der Waals surface area contributed by atoms with Gasteiger partial charge in [0, 0.05) is 33.2 Å². The van der Waals surface area contributed by atoms with Crippen LogP contribution in [0.25, 0.3) is 11.0 Å². The third-order valence-corrected chi connectivity index (χ3v) is 3.87. The van der Waals surface area contributed by atoms with Crippen LogP contribution in [0.5, 0.6) is 0 Å². The van der Waals surface area contributed by atoms with Gasteiger partial charge in [0.05, 0.1) is 30.4 Å². The van der Waals surface area contributed by atoms with Crippen LogP contribution in [0.1, 0.15) is 10.5 Å². The number of hydrogen-bond donors (Lipinski definition) is 0. The van der Waals surface area contributed by atoms with Crippen LogP contribution in [0, 0.1) is 0 Å². The van der Waals surface area contributed by atoms with Crippen molar-refractivity contribution in [1.29, 1.82) is 0 Å². The minimum absolute atomic E-state index is 0.0912. The number of nitrogens with zero attached hydrogens (tertiary/aromatic N) is 4. The summed E-state index contributed by atoms with van der Waals surface area (Å²) in [5.74, 6) is -0.0912. The van der Waals surface area contributed by atoms with Crippen molar-refractivity contribution in [3.63, 3.8) is 0 Å². The molecule has 1 aliphatic heterocycles. The minimum Gasteiger partial charge on any atom is -0.379 e. The zero-order valence-electron chi connectivity index (χ0n) is 12.7. The smallest absolute Gasteiger partial charge is 0.273 e. The summed E-state index contributed by atoms with van der Waals surface area (Å²) in [6.45, 7) is 4.93. The predicted molar refractivity (Wildman–Crippen MR) is 83.8 cm³/mol. The first kappa shape index (κ1) is 14.9. The number of para-hydroxylation sites is 2. The van der Waals surface area contributed by atoms with Gasteiger partial charge < -0.3 is 9.64 Å². The number of carbonyl (C=O) groups excluding carboxylic acids is 1. The maximum absolute atomic E-state index is 12.4. The molecule has 1 fully saturated rings. The van der Waals surface area contributed by atoms with E-state index < -0.39 is 0 Å². The average Bonchev–Trinajstić information content (AvgIpc) is 2.59. The molecule has 0 radical (unpaired) electrons. The molecule has 6 nitrogen and oxygen atoms in total. The summed E-state index contributed by atoms with van der Waals surface area (Å²) in [6, 6.07) is 7.56. The number of amides is 1. The molecule has 1 amide bonds. The van der Waals surface area contributed by atoms with Crippen molar-refractivity contribution in [2.45, 2.75) is 0 Å². The normalized spacial score (nSPS) is 15.9. The van der Waals surface area contributed by atoms with Crippen molar-refractivity contribution < 1.29 is 9.53 Å². The van der Waals surface area contributed by atoms with Crippen LogP contribution in [0.3, 0.4) is 0 Å². The molecule has 0 aliphatic carbocycles. The fourth-order valence-electron chi connectivity index (χ4n) is 2.47. The Balaban J connectivity index is 1.63. The number of carbonyl (C=O) groups is 1. The third-order valence-electron chi connectivity index (χ3n) is 3.87. The molecule has 2 heterocycles. The van der Waals surface area contributed by atoms with Crippen molar-refractivity contribution in [3.8, 4) is 0 Å². The topological polar surface area (TPSA) is 58.6 Å². The van der Waals surface area contributed by atoms with Crippen LogP contribution < -0.4 is 0 Å². The van der Waals surface area contributed by atoms with Crippen LogP contribution in [0.15, 0.2) is 30.5 Å². The molecule has 0 atom stereocenters. The van der Waals surface area contributed by atoms with E-state index in [0.717, 1.165) is 43.9 Å². The van der Waals surface area contributed by atoms with E-state index in [1.54, 1.807) is 18.1 Å². The molecule has 0 N–H and O–H groups in total. The summed E-state index contributed by atoms with van der Waals surface area (Å²) in [6.07, 6.45) is 1.55. The Morgan fingerprint density at radius 2 is 2.00 bits per heavy atom. The van der Waals surface area contributed by atoms with Crippen molar-refractivity contribution in [3.05, 3.63) is 36.2 Å². The number of likely N-dealkylation sites (N-methyl/N-ethyl adjacent to an activating group) is 1. The highest BCUT2D eigenvalue weighted by molar-refractivity contribution is 5.93. The monoisotopic (exact) mass is 300 g/mol. The quantitative estimate of drug-likeness (QED) is 0.844. The molecule has 1 saturated heterocycles. The molecule has 3 rings (SSSR count). The summed E-state index contributed by atoms with van der Waals surface area (Å²) in [4.78, 5) is 25.2. The number of rotatable bonds is 4. The third kappa shape index (κ3) is 3.40. The lowest BCUT2D eigenvalue weighted by atomic mass is 10.3. The van der Waals surface area contributed by atoms with Gasteiger partial charge in [-0.3, -0.25) is 14.7 Å². The number of hydrogen-bond acceptors (Lipinski definition) is 5. The number of ether oxygens (including phenoxy) is 1. The van der Waals surface area contributed by atoms with Gasteiger partial charge in [-0.15, -0.1) is 0 Å². The summed E-state index contributed by atoms with van der Waals surface area (Å²) >= 11 is 0. The fourth-order valence-corrected chi connectivity index (χ4v) is 2.47. The molecule has 0 saturated carbocycles. The van der Waals surface area contributed by atoms with E-state index in [4.69, 9.17) is 4.74 Å². The zero-order valence-corrected chi connectivity index (χ0v) is 12.7. The van der Waals surface area contributed by atoms with Crippen molar-refractivity contribution in [1.82, 2.24) is 19.8 Å². The molecule has 6 heteroatoms. The number of morpholine rings is 1. The second-order valence-corrected chi connectivity index (χ2v) is 5.42. The van der Waals surface area contributed by atoms with E-state index in [0.29, 0.717) is 12.2 Å². The summed E-state index contributed by atoms with van der Waals surface area (Å²) in [5, 5.41) is 0. The van der Waals surface area contributed by atoms with Crippen molar-refractivity contribution in [2.75, 3.05) is 46.4 Å². The lowest BCUT2D eigenvalue weighted by Gasteiger charge is -2.28. The van der Waals surface area contributed by atoms with E-state index in [2.05, 4.69) is 14.9 Å². The van der Waals surface area contributed by atoms with Gasteiger partial charge in [0.2, 0.25) is 0 Å². The second kappa shape index (κ2) is 6.81. The van der Waals surface area contributed by atoms with E-state index in [1.165, 1.54) is 0 Å². The Labute approximate surface area is 129 Å². The molecule has 116 valence electrons. The Bertz CT molecular complexity index is 655. The number of fused-ring (bicyclic) bond motifs is 1.